The standard InChI is InChI=1S/C11H8ClFN2O2/c1-6-7(11(16)17)5-14-15(6)10-8(12)3-2-4-9(10)13/h2-5H,1H3,(H,16,17). The molecule has 17 heavy (non-hydrogen) atoms. The van der Waals surface area contributed by atoms with E-state index < -0.39 is 11.8 Å². The molecule has 1 N–H and O–H groups in total. The molecule has 0 aliphatic rings. The van der Waals surface area contributed by atoms with Crippen LogP contribution in [0.2, 0.25) is 5.02 Å². The molecule has 0 fully saturated rings. The second-order valence-electron chi connectivity index (χ2n) is 3.43. The first-order valence-electron chi connectivity index (χ1n) is 4.74. The van der Waals surface area contributed by atoms with Crippen molar-refractivity contribution in [3.8, 4) is 5.69 Å². The molecule has 2 aromatic rings. The molecule has 1 heterocycles. The molecule has 0 atom stereocenters. The third kappa shape index (κ3) is 1.89. The molecule has 4 nitrogen and oxygen atoms in total. The van der Waals surface area contributed by atoms with Gasteiger partial charge in [0, 0.05) is 0 Å². The summed E-state index contributed by atoms with van der Waals surface area (Å²) >= 11 is 5.88. The predicted octanol–water partition coefficient (Wildman–Crippen LogP) is 2.67. The number of hydrogen-bond donors (Lipinski definition) is 1. The molecule has 1 aromatic heterocycles. The van der Waals surface area contributed by atoms with Crippen molar-refractivity contribution in [1.82, 2.24) is 9.78 Å². The lowest BCUT2D eigenvalue weighted by Crippen LogP contribution is -2.05. The molecule has 0 saturated heterocycles. The smallest absolute Gasteiger partial charge is 0.339 e. The topological polar surface area (TPSA) is 55.1 Å². The summed E-state index contributed by atoms with van der Waals surface area (Å²) in [5.41, 5.74) is 0.396. The minimum absolute atomic E-state index is 0.0179. The normalized spacial score (nSPS) is 10.5. The Bertz CT molecular complexity index is 575. The third-order valence-electron chi connectivity index (χ3n) is 2.39. The number of aromatic nitrogens is 2. The molecule has 0 saturated carbocycles. The van der Waals surface area contributed by atoms with Gasteiger partial charge in [-0.05, 0) is 19.1 Å². The molecule has 0 bridgehead atoms. The van der Waals surface area contributed by atoms with Crippen LogP contribution in [0, 0.1) is 12.7 Å². The number of carbonyl (C=O) groups is 1. The number of carboxylic acid groups (broad SMARTS) is 1. The molecule has 0 radical (unpaired) electrons. The van der Waals surface area contributed by atoms with E-state index >= 15 is 0 Å². The van der Waals surface area contributed by atoms with E-state index in [9.17, 15) is 9.18 Å². The summed E-state index contributed by atoms with van der Waals surface area (Å²) < 4.78 is 14.8. The Morgan fingerprint density at radius 2 is 2.24 bits per heavy atom. The van der Waals surface area contributed by atoms with E-state index in [1.165, 1.54) is 29.1 Å². The summed E-state index contributed by atoms with van der Waals surface area (Å²) in [5.74, 6) is -1.66. The van der Waals surface area contributed by atoms with Crippen molar-refractivity contribution in [3.63, 3.8) is 0 Å². The lowest BCUT2D eigenvalue weighted by Gasteiger charge is -2.07. The molecule has 0 aliphatic carbocycles. The summed E-state index contributed by atoms with van der Waals surface area (Å²) in [6, 6.07) is 4.22. The molecule has 6 heteroatoms. The fourth-order valence-electron chi connectivity index (χ4n) is 1.54. The number of carboxylic acids is 1. The number of hydrogen-bond acceptors (Lipinski definition) is 2. The van der Waals surface area contributed by atoms with Crippen molar-refractivity contribution < 1.29 is 14.3 Å². The molecular weight excluding hydrogens is 247 g/mol. The van der Waals surface area contributed by atoms with Crippen LogP contribution in [-0.2, 0) is 0 Å². The zero-order valence-electron chi connectivity index (χ0n) is 8.82. The van der Waals surface area contributed by atoms with Crippen LogP contribution in [0.3, 0.4) is 0 Å². The van der Waals surface area contributed by atoms with Gasteiger partial charge in [-0.3, -0.25) is 0 Å². The molecule has 2 rings (SSSR count). The summed E-state index contributed by atoms with van der Waals surface area (Å²) in [6.07, 6.45) is 1.17. The number of aromatic carboxylic acids is 1. The molecule has 0 unspecified atom stereocenters. The predicted molar refractivity (Wildman–Crippen MR) is 60.2 cm³/mol. The molecule has 88 valence electrons. The van der Waals surface area contributed by atoms with Crippen LogP contribution in [-0.4, -0.2) is 20.9 Å². The Morgan fingerprint density at radius 1 is 1.53 bits per heavy atom. The lowest BCUT2D eigenvalue weighted by molar-refractivity contribution is 0.0696. The van der Waals surface area contributed by atoms with E-state index in [2.05, 4.69) is 5.10 Å². The SMILES string of the molecule is Cc1c(C(=O)O)cnn1-c1c(F)cccc1Cl. The van der Waals surface area contributed by atoms with Crippen LogP contribution in [0.5, 0.6) is 0 Å². The van der Waals surface area contributed by atoms with Crippen LogP contribution < -0.4 is 0 Å². The summed E-state index contributed by atoms with van der Waals surface area (Å²) in [4.78, 5) is 10.9. The summed E-state index contributed by atoms with van der Waals surface area (Å²) in [7, 11) is 0. The maximum Gasteiger partial charge on any atom is 0.339 e. The van der Waals surface area contributed by atoms with Gasteiger partial charge < -0.3 is 5.11 Å². The monoisotopic (exact) mass is 254 g/mol. The van der Waals surface area contributed by atoms with Crippen LogP contribution in [0.4, 0.5) is 4.39 Å². The molecule has 1 aromatic carbocycles. The minimum atomic E-state index is -1.11. The fraction of sp³-hybridized carbons (Fsp3) is 0.0909. The van der Waals surface area contributed by atoms with Crippen molar-refractivity contribution in [2.45, 2.75) is 6.92 Å². The first kappa shape index (κ1) is 11.6. The number of benzene rings is 1. The molecule has 0 aliphatic heterocycles. The molecule has 0 amide bonds. The maximum atomic E-state index is 13.6. The number of para-hydroxylation sites is 1. The van der Waals surface area contributed by atoms with E-state index in [4.69, 9.17) is 16.7 Å². The highest BCUT2D eigenvalue weighted by atomic mass is 35.5. The van der Waals surface area contributed by atoms with Crippen LogP contribution in [0.25, 0.3) is 5.69 Å². The van der Waals surface area contributed by atoms with Crippen LogP contribution >= 0.6 is 11.6 Å². The van der Waals surface area contributed by atoms with E-state index in [0.29, 0.717) is 5.69 Å². The highest BCUT2D eigenvalue weighted by Crippen LogP contribution is 2.25. The van der Waals surface area contributed by atoms with Crippen molar-refractivity contribution in [3.05, 3.63) is 46.5 Å². The van der Waals surface area contributed by atoms with Gasteiger partial charge in [0.2, 0.25) is 0 Å². The van der Waals surface area contributed by atoms with Gasteiger partial charge >= 0.3 is 5.97 Å². The van der Waals surface area contributed by atoms with Gasteiger partial charge in [-0.1, -0.05) is 17.7 Å². The Balaban J connectivity index is 2.66. The average molecular weight is 255 g/mol. The van der Waals surface area contributed by atoms with Gasteiger partial charge in [-0.25, -0.2) is 13.9 Å². The van der Waals surface area contributed by atoms with Crippen LogP contribution in [0.1, 0.15) is 16.1 Å². The van der Waals surface area contributed by atoms with E-state index in [1.807, 2.05) is 0 Å². The maximum absolute atomic E-state index is 13.6. The Hall–Kier alpha value is -1.88. The Morgan fingerprint density at radius 3 is 2.76 bits per heavy atom. The van der Waals surface area contributed by atoms with Crippen molar-refractivity contribution in [2.24, 2.45) is 0 Å². The first-order chi connectivity index (χ1) is 8.02. The minimum Gasteiger partial charge on any atom is -0.478 e. The average Bonchev–Trinajstić information content (AvgIpc) is 2.61. The van der Waals surface area contributed by atoms with E-state index in [0.717, 1.165) is 0 Å². The van der Waals surface area contributed by atoms with Gasteiger partial charge in [0.15, 0.2) is 0 Å². The van der Waals surface area contributed by atoms with Crippen LogP contribution in [0.15, 0.2) is 24.4 Å². The highest BCUT2D eigenvalue weighted by molar-refractivity contribution is 6.32. The number of nitrogens with zero attached hydrogens (tertiary/aromatic N) is 2. The second-order valence-corrected chi connectivity index (χ2v) is 3.84. The van der Waals surface area contributed by atoms with Gasteiger partial charge in [-0.2, -0.15) is 5.10 Å². The summed E-state index contributed by atoms with van der Waals surface area (Å²) in [5, 5.41) is 12.9. The lowest BCUT2D eigenvalue weighted by atomic mass is 10.2. The van der Waals surface area contributed by atoms with Gasteiger partial charge in [0.1, 0.15) is 17.1 Å². The van der Waals surface area contributed by atoms with Crippen molar-refractivity contribution in [2.75, 3.05) is 0 Å². The van der Waals surface area contributed by atoms with Gasteiger partial charge in [-0.15, -0.1) is 0 Å². The Labute approximate surface area is 101 Å². The van der Waals surface area contributed by atoms with E-state index in [1.54, 1.807) is 6.92 Å². The Kier molecular flexibility index (Phi) is 2.85. The second kappa shape index (κ2) is 4.18. The van der Waals surface area contributed by atoms with Crippen molar-refractivity contribution in [1.29, 1.82) is 0 Å². The fourth-order valence-corrected chi connectivity index (χ4v) is 1.78. The molecular formula is C11H8ClFN2O2. The van der Waals surface area contributed by atoms with Gasteiger partial charge in [0.05, 0.1) is 16.9 Å². The highest BCUT2D eigenvalue weighted by Gasteiger charge is 2.17. The number of rotatable bonds is 2. The quantitative estimate of drug-likeness (QED) is 0.896. The summed E-state index contributed by atoms with van der Waals surface area (Å²) in [6.45, 7) is 1.54. The molecule has 0 spiro atoms. The number of halogens is 2. The largest absolute Gasteiger partial charge is 0.478 e. The van der Waals surface area contributed by atoms with E-state index in [-0.39, 0.29) is 16.3 Å². The van der Waals surface area contributed by atoms with Gasteiger partial charge in [0.25, 0.3) is 0 Å². The zero-order chi connectivity index (χ0) is 12.6. The third-order valence-corrected chi connectivity index (χ3v) is 2.69. The van der Waals surface area contributed by atoms with Crippen molar-refractivity contribution >= 4 is 17.6 Å². The zero-order valence-corrected chi connectivity index (χ0v) is 9.57. The first-order valence-corrected chi connectivity index (χ1v) is 5.12.